The van der Waals surface area contributed by atoms with Crippen molar-refractivity contribution in [3.63, 3.8) is 0 Å². The van der Waals surface area contributed by atoms with Crippen LogP contribution in [0.3, 0.4) is 0 Å². The maximum atomic E-state index is 12.2. The summed E-state index contributed by atoms with van der Waals surface area (Å²) >= 11 is 5.11. The van der Waals surface area contributed by atoms with Crippen molar-refractivity contribution in [2.45, 2.75) is 0 Å². The predicted molar refractivity (Wildman–Crippen MR) is 99.1 cm³/mol. The number of carbonyl (C=O) groups is 1. The van der Waals surface area contributed by atoms with Crippen LogP contribution >= 0.6 is 12.2 Å². The maximum absolute atomic E-state index is 12.2. The van der Waals surface area contributed by atoms with Gasteiger partial charge in [0.2, 0.25) is 0 Å². The number of rotatable bonds is 5. The van der Waals surface area contributed by atoms with Gasteiger partial charge < -0.3 is 19.8 Å². The number of hydrogen-bond acceptors (Lipinski definition) is 4. The molecule has 5 nitrogen and oxygen atoms in total. The number of aromatic nitrogens is 1. The molecule has 6 heteroatoms. The SMILES string of the molecule is COc1cccc(Oc2ccc(NC(=O)c3ccc[nH]c3=S)cc2)c1. The lowest BCUT2D eigenvalue weighted by Crippen LogP contribution is -2.12. The van der Waals surface area contributed by atoms with Crippen LogP contribution in [0.1, 0.15) is 10.4 Å². The molecule has 0 fully saturated rings. The van der Waals surface area contributed by atoms with Gasteiger partial charge in [0.1, 0.15) is 21.9 Å². The summed E-state index contributed by atoms with van der Waals surface area (Å²) in [5, 5.41) is 2.81. The van der Waals surface area contributed by atoms with Crippen LogP contribution in [0.4, 0.5) is 5.69 Å². The summed E-state index contributed by atoms with van der Waals surface area (Å²) in [6.07, 6.45) is 1.68. The van der Waals surface area contributed by atoms with E-state index in [0.717, 1.165) is 5.75 Å². The molecule has 3 rings (SSSR count). The number of aromatic amines is 1. The second kappa shape index (κ2) is 7.63. The number of nitrogens with one attached hydrogen (secondary N) is 2. The number of anilines is 1. The van der Waals surface area contributed by atoms with Crippen LogP contribution in [0.2, 0.25) is 0 Å². The second-order valence-corrected chi connectivity index (χ2v) is 5.58. The molecule has 126 valence electrons. The standard InChI is InChI=1S/C19H16N2O3S/c1-23-15-4-2-5-16(12-15)24-14-9-7-13(8-10-14)21-18(22)17-6-3-11-20-19(17)25/h2-12H,1H3,(H,20,25)(H,21,22). The van der Waals surface area contributed by atoms with Gasteiger partial charge in [-0.05, 0) is 48.5 Å². The Hall–Kier alpha value is -3.12. The highest BCUT2D eigenvalue weighted by atomic mass is 32.1. The summed E-state index contributed by atoms with van der Waals surface area (Å²) in [6.45, 7) is 0. The Morgan fingerprint density at radius 1 is 1.00 bits per heavy atom. The summed E-state index contributed by atoms with van der Waals surface area (Å²) in [6, 6.07) is 17.8. The molecule has 3 aromatic rings. The molecule has 0 radical (unpaired) electrons. The molecule has 1 amide bonds. The van der Waals surface area contributed by atoms with Crippen LogP contribution in [-0.4, -0.2) is 18.0 Å². The molecule has 0 saturated heterocycles. The molecule has 1 aromatic heterocycles. The summed E-state index contributed by atoms with van der Waals surface area (Å²) in [7, 11) is 1.61. The number of H-pyrrole nitrogens is 1. The lowest BCUT2D eigenvalue weighted by molar-refractivity contribution is 0.102. The molecule has 0 aliphatic rings. The Bertz CT molecular complexity index is 936. The van der Waals surface area contributed by atoms with Crippen LogP contribution in [0.5, 0.6) is 17.2 Å². The highest BCUT2D eigenvalue weighted by molar-refractivity contribution is 7.71. The Balaban J connectivity index is 1.69. The van der Waals surface area contributed by atoms with Crippen molar-refractivity contribution < 1.29 is 14.3 Å². The molecule has 2 aromatic carbocycles. The Kier molecular flexibility index (Phi) is 5.11. The highest BCUT2D eigenvalue weighted by Gasteiger charge is 2.08. The van der Waals surface area contributed by atoms with E-state index >= 15 is 0 Å². The molecule has 0 saturated carbocycles. The van der Waals surface area contributed by atoms with Crippen LogP contribution < -0.4 is 14.8 Å². The normalized spacial score (nSPS) is 10.1. The monoisotopic (exact) mass is 352 g/mol. The number of methoxy groups -OCH3 is 1. The van der Waals surface area contributed by atoms with Gasteiger partial charge in [-0.25, -0.2) is 0 Å². The fraction of sp³-hybridized carbons (Fsp3) is 0.0526. The van der Waals surface area contributed by atoms with Gasteiger partial charge in [-0.2, -0.15) is 0 Å². The number of hydrogen-bond donors (Lipinski definition) is 2. The molecule has 0 atom stereocenters. The molecular weight excluding hydrogens is 336 g/mol. The number of benzene rings is 2. The fourth-order valence-corrected chi connectivity index (χ4v) is 2.43. The third-order valence-corrected chi connectivity index (χ3v) is 3.79. The first-order valence-corrected chi connectivity index (χ1v) is 7.97. The van der Waals surface area contributed by atoms with Crippen molar-refractivity contribution in [2.24, 2.45) is 0 Å². The average Bonchev–Trinajstić information content (AvgIpc) is 2.64. The average molecular weight is 352 g/mol. The number of carbonyl (C=O) groups excluding carboxylic acids is 1. The van der Waals surface area contributed by atoms with E-state index in [1.807, 2.05) is 18.2 Å². The van der Waals surface area contributed by atoms with E-state index in [0.29, 0.717) is 27.4 Å². The van der Waals surface area contributed by atoms with Gasteiger partial charge in [-0.1, -0.05) is 18.3 Å². The van der Waals surface area contributed by atoms with Gasteiger partial charge in [0.15, 0.2) is 0 Å². The zero-order valence-corrected chi connectivity index (χ0v) is 14.3. The Morgan fingerprint density at radius 3 is 2.48 bits per heavy atom. The highest BCUT2D eigenvalue weighted by Crippen LogP contribution is 2.26. The van der Waals surface area contributed by atoms with E-state index in [4.69, 9.17) is 21.7 Å². The molecule has 0 unspecified atom stereocenters. The van der Waals surface area contributed by atoms with Crippen LogP contribution in [0.25, 0.3) is 0 Å². The van der Waals surface area contributed by atoms with Crippen molar-refractivity contribution in [3.8, 4) is 17.2 Å². The van der Waals surface area contributed by atoms with Crippen LogP contribution in [-0.2, 0) is 0 Å². The first-order chi connectivity index (χ1) is 12.2. The lowest BCUT2D eigenvalue weighted by Gasteiger charge is -2.09. The molecule has 1 heterocycles. The van der Waals surface area contributed by atoms with Crippen molar-refractivity contribution in [2.75, 3.05) is 12.4 Å². The van der Waals surface area contributed by atoms with E-state index in [-0.39, 0.29) is 5.91 Å². The van der Waals surface area contributed by atoms with Crippen molar-refractivity contribution >= 4 is 23.8 Å². The zero-order chi connectivity index (χ0) is 17.6. The molecule has 25 heavy (non-hydrogen) atoms. The molecule has 2 N–H and O–H groups in total. The molecule has 0 spiro atoms. The van der Waals surface area contributed by atoms with Gasteiger partial charge in [0.25, 0.3) is 5.91 Å². The minimum atomic E-state index is -0.261. The number of ether oxygens (including phenoxy) is 2. The minimum Gasteiger partial charge on any atom is -0.497 e. The van der Waals surface area contributed by atoms with Gasteiger partial charge in [-0.15, -0.1) is 0 Å². The maximum Gasteiger partial charge on any atom is 0.258 e. The van der Waals surface area contributed by atoms with Gasteiger partial charge in [0.05, 0.1) is 12.7 Å². The van der Waals surface area contributed by atoms with E-state index in [1.54, 1.807) is 55.8 Å². The molecule has 0 bridgehead atoms. The third kappa shape index (κ3) is 4.24. The molecule has 0 aliphatic carbocycles. The fourth-order valence-electron chi connectivity index (χ4n) is 2.21. The number of pyridine rings is 1. The number of amides is 1. The van der Waals surface area contributed by atoms with E-state index in [1.165, 1.54) is 0 Å². The lowest BCUT2D eigenvalue weighted by atomic mass is 10.2. The Morgan fingerprint density at radius 2 is 1.76 bits per heavy atom. The summed E-state index contributed by atoms with van der Waals surface area (Å²) in [5.74, 6) is 1.79. The minimum absolute atomic E-state index is 0.261. The van der Waals surface area contributed by atoms with E-state index < -0.39 is 0 Å². The topological polar surface area (TPSA) is 63.4 Å². The Labute approximate surface area is 150 Å². The van der Waals surface area contributed by atoms with Crippen molar-refractivity contribution in [3.05, 3.63) is 77.1 Å². The summed E-state index contributed by atoms with van der Waals surface area (Å²) in [4.78, 5) is 15.1. The zero-order valence-electron chi connectivity index (χ0n) is 13.5. The largest absolute Gasteiger partial charge is 0.497 e. The van der Waals surface area contributed by atoms with Crippen molar-refractivity contribution in [1.29, 1.82) is 0 Å². The summed E-state index contributed by atoms with van der Waals surface area (Å²) < 4.78 is 11.3. The first-order valence-electron chi connectivity index (χ1n) is 7.57. The third-order valence-electron chi connectivity index (χ3n) is 3.45. The van der Waals surface area contributed by atoms with Crippen LogP contribution in [0, 0.1) is 4.64 Å². The van der Waals surface area contributed by atoms with E-state index in [9.17, 15) is 4.79 Å². The van der Waals surface area contributed by atoms with Gasteiger partial charge in [0, 0.05) is 18.0 Å². The molecular formula is C19H16N2O3S. The summed E-state index contributed by atoms with van der Waals surface area (Å²) in [5.41, 5.74) is 1.08. The van der Waals surface area contributed by atoms with Crippen molar-refractivity contribution in [1.82, 2.24) is 4.98 Å². The first kappa shape index (κ1) is 16.7. The predicted octanol–water partition coefficient (Wildman–Crippen LogP) is 4.80. The molecule has 0 aliphatic heterocycles. The quantitative estimate of drug-likeness (QED) is 0.648. The van der Waals surface area contributed by atoms with Crippen LogP contribution in [0.15, 0.2) is 66.9 Å². The van der Waals surface area contributed by atoms with Gasteiger partial charge >= 0.3 is 0 Å². The van der Waals surface area contributed by atoms with E-state index in [2.05, 4.69) is 10.3 Å². The smallest absolute Gasteiger partial charge is 0.258 e. The second-order valence-electron chi connectivity index (χ2n) is 5.17. The van der Waals surface area contributed by atoms with Gasteiger partial charge in [-0.3, -0.25) is 4.79 Å².